The van der Waals surface area contributed by atoms with Crippen molar-refractivity contribution in [2.24, 2.45) is 0 Å². The number of hydrogen-bond donors (Lipinski definition) is 1. The van der Waals surface area contributed by atoms with E-state index in [1.807, 2.05) is 31.2 Å². The summed E-state index contributed by atoms with van der Waals surface area (Å²) in [7, 11) is 0. The lowest BCUT2D eigenvalue weighted by Gasteiger charge is -2.11. The highest BCUT2D eigenvalue weighted by molar-refractivity contribution is 7.99. The largest absolute Gasteiger partial charge is 0.492 e. The van der Waals surface area contributed by atoms with E-state index in [1.54, 1.807) is 0 Å². The number of aromatic nitrogens is 3. The monoisotopic (exact) mass is 348 g/mol. The Kier molecular flexibility index (Phi) is 6.66. The number of nitrogens with one attached hydrogen (secondary N) is 1. The molecule has 0 aliphatic rings. The van der Waals surface area contributed by atoms with Crippen LogP contribution in [0.3, 0.4) is 0 Å². The summed E-state index contributed by atoms with van der Waals surface area (Å²) in [6.45, 7) is 9.48. The van der Waals surface area contributed by atoms with Crippen molar-refractivity contribution in [3.05, 3.63) is 30.1 Å². The molecular weight excluding hydrogens is 324 g/mol. The van der Waals surface area contributed by atoms with Gasteiger partial charge in [0.05, 0.1) is 18.0 Å². The first-order chi connectivity index (χ1) is 11.6. The van der Waals surface area contributed by atoms with Gasteiger partial charge < -0.3 is 14.6 Å². The van der Waals surface area contributed by atoms with E-state index in [-0.39, 0.29) is 11.7 Å². The average molecular weight is 348 g/mol. The molecule has 2 rings (SSSR count). The van der Waals surface area contributed by atoms with Gasteiger partial charge in [0.1, 0.15) is 11.6 Å². The van der Waals surface area contributed by atoms with Crippen LogP contribution in [-0.2, 0) is 11.3 Å². The van der Waals surface area contributed by atoms with Gasteiger partial charge in [-0.15, -0.1) is 10.2 Å². The molecule has 0 spiro atoms. The van der Waals surface area contributed by atoms with Gasteiger partial charge in [-0.2, -0.15) is 0 Å². The number of carbonyl (C=O) groups excluding carboxylic acids is 1. The second-order valence-electron chi connectivity index (χ2n) is 5.51. The fourth-order valence-electron chi connectivity index (χ4n) is 2.30. The zero-order valence-electron chi connectivity index (χ0n) is 14.6. The first-order valence-corrected chi connectivity index (χ1v) is 9.12. The summed E-state index contributed by atoms with van der Waals surface area (Å²) in [6.07, 6.45) is 0. The van der Waals surface area contributed by atoms with E-state index < -0.39 is 0 Å². The summed E-state index contributed by atoms with van der Waals surface area (Å²) >= 11 is 1.39. The van der Waals surface area contributed by atoms with Crippen molar-refractivity contribution < 1.29 is 9.53 Å². The molecule has 0 aliphatic heterocycles. The number of nitrogens with zero attached hydrogens (tertiary/aromatic N) is 3. The number of carbonyl (C=O) groups is 1. The Morgan fingerprint density at radius 1 is 1.29 bits per heavy atom. The molecule has 130 valence electrons. The van der Waals surface area contributed by atoms with Crippen LogP contribution in [0, 0.1) is 0 Å². The van der Waals surface area contributed by atoms with E-state index in [0.717, 1.165) is 17.5 Å². The minimum Gasteiger partial charge on any atom is -0.492 e. The van der Waals surface area contributed by atoms with Crippen molar-refractivity contribution in [3.63, 3.8) is 0 Å². The first kappa shape index (κ1) is 18.3. The quantitative estimate of drug-likeness (QED) is 0.739. The standard InChI is InChI=1S/C17H24N4O2S/c1-5-21-16(12(3)4)19-20-17(21)24-11-15(22)18-13-9-7-8-10-14(13)23-6-2/h7-10,12H,5-6,11H2,1-4H3,(H,18,22). The molecule has 0 radical (unpaired) electrons. The molecule has 2 aromatic rings. The van der Waals surface area contributed by atoms with Crippen molar-refractivity contribution in [2.75, 3.05) is 17.7 Å². The van der Waals surface area contributed by atoms with E-state index >= 15 is 0 Å². The number of amides is 1. The summed E-state index contributed by atoms with van der Waals surface area (Å²) in [5.74, 6) is 2.11. The fourth-order valence-corrected chi connectivity index (χ4v) is 3.11. The van der Waals surface area contributed by atoms with Gasteiger partial charge in [0.2, 0.25) is 5.91 Å². The Labute approximate surface area is 147 Å². The number of thioether (sulfide) groups is 1. The fraction of sp³-hybridized carbons (Fsp3) is 0.471. The second kappa shape index (κ2) is 8.73. The maximum Gasteiger partial charge on any atom is 0.234 e. The summed E-state index contributed by atoms with van der Waals surface area (Å²) in [5.41, 5.74) is 0.685. The van der Waals surface area contributed by atoms with Crippen molar-refractivity contribution >= 4 is 23.4 Å². The molecule has 1 aromatic carbocycles. The van der Waals surface area contributed by atoms with E-state index in [1.165, 1.54) is 11.8 Å². The number of ether oxygens (including phenoxy) is 1. The van der Waals surface area contributed by atoms with Gasteiger partial charge in [0, 0.05) is 12.5 Å². The number of para-hydroxylation sites is 2. The van der Waals surface area contributed by atoms with Crippen LogP contribution < -0.4 is 10.1 Å². The first-order valence-electron chi connectivity index (χ1n) is 8.14. The lowest BCUT2D eigenvalue weighted by Crippen LogP contribution is -2.15. The van der Waals surface area contributed by atoms with Crippen molar-refractivity contribution in [1.82, 2.24) is 14.8 Å². The molecule has 24 heavy (non-hydrogen) atoms. The number of hydrogen-bond acceptors (Lipinski definition) is 5. The van der Waals surface area contributed by atoms with Crippen LogP contribution in [0.4, 0.5) is 5.69 Å². The smallest absolute Gasteiger partial charge is 0.234 e. The van der Waals surface area contributed by atoms with Crippen molar-refractivity contribution in [2.45, 2.75) is 45.3 Å². The predicted molar refractivity (Wildman–Crippen MR) is 96.7 cm³/mol. The summed E-state index contributed by atoms with van der Waals surface area (Å²) in [6, 6.07) is 7.42. The lowest BCUT2D eigenvalue weighted by atomic mass is 10.2. The Morgan fingerprint density at radius 2 is 2.04 bits per heavy atom. The molecular formula is C17H24N4O2S. The maximum atomic E-state index is 12.2. The molecule has 0 saturated carbocycles. The average Bonchev–Trinajstić information content (AvgIpc) is 2.98. The summed E-state index contributed by atoms with van der Waals surface area (Å²) < 4.78 is 7.57. The Bertz CT molecular complexity index is 685. The Morgan fingerprint density at radius 3 is 2.71 bits per heavy atom. The number of anilines is 1. The van der Waals surface area contributed by atoms with Crippen LogP contribution in [0.5, 0.6) is 5.75 Å². The molecule has 0 aliphatic carbocycles. The molecule has 0 atom stereocenters. The molecule has 1 aromatic heterocycles. The highest BCUT2D eigenvalue weighted by Crippen LogP contribution is 2.25. The zero-order chi connectivity index (χ0) is 17.5. The van der Waals surface area contributed by atoms with E-state index in [0.29, 0.717) is 24.0 Å². The molecule has 7 heteroatoms. The number of rotatable bonds is 8. The molecule has 0 bridgehead atoms. The highest BCUT2D eigenvalue weighted by atomic mass is 32.2. The van der Waals surface area contributed by atoms with Crippen LogP contribution in [-0.4, -0.2) is 33.0 Å². The van der Waals surface area contributed by atoms with Crippen molar-refractivity contribution in [1.29, 1.82) is 0 Å². The van der Waals surface area contributed by atoms with Gasteiger partial charge >= 0.3 is 0 Å². The molecule has 1 heterocycles. The van der Waals surface area contributed by atoms with Gasteiger partial charge in [0.25, 0.3) is 0 Å². The molecule has 1 amide bonds. The van der Waals surface area contributed by atoms with Gasteiger partial charge in [-0.3, -0.25) is 4.79 Å². The van der Waals surface area contributed by atoms with Gasteiger partial charge in [-0.1, -0.05) is 37.7 Å². The van der Waals surface area contributed by atoms with Gasteiger partial charge in [-0.05, 0) is 26.0 Å². The third-order valence-electron chi connectivity index (χ3n) is 3.37. The highest BCUT2D eigenvalue weighted by Gasteiger charge is 2.15. The van der Waals surface area contributed by atoms with Crippen molar-refractivity contribution in [3.8, 4) is 5.75 Å². The van der Waals surface area contributed by atoms with Gasteiger partial charge in [0.15, 0.2) is 5.16 Å². The van der Waals surface area contributed by atoms with E-state index in [2.05, 4.69) is 40.9 Å². The molecule has 0 saturated heterocycles. The summed E-state index contributed by atoms with van der Waals surface area (Å²) in [4.78, 5) is 12.2. The zero-order valence-corrected chi connectivity index (χ0v) is 15.4. The number of benzene rings is 1. The molecule has 6 nitrogen and oxygen atoms in total. The summed E-state index contributed by atoms with van der Waals surface area (Å²) in [5, 5.41) is 12.1. The van der Waals surface area contributed by atoms with Crippen LogP contribution in [0.2, 0.25) is 0 Å². The SMILES string of the molecule is CCOc1ccccc1NC(=O)CSc1nnc(C(C)C)n1CC. The van der Waals surface area contributed by atoms with Crippen LogP contribution in [0.1, 0.15) is 39.4 Å². The maximum absolute atomic E-state index is 12.2. The minimum absolute atomic E-state index is 0.0936. The van der Waals surface area contributed by atoms with E-state index in [4.69, 9.17) is 4.74 Å². The Balaban J connectivity index is 1.99. The predicted octanol–water partition coefficient (Wildman–Crippen LogP) is 3.55. The lowest BCUT2D eigenvalue weighted by molar-refractivity contribution is -0.113. The van der Waals surface area contributed by atoms with Gasteiger partial charge in [-0.25, -0.2) is 0 Å². The van der Waals surface area contributed by atoms with Crippen LogP contribution in [0.25, 0.3) is 0 Å². The third kappa shape index (κ3) is 4.50. The van der Waals surface area contributed by atoms with Crippen LogP contribution >= 0.6 is 11.8 Å². The topological polar surface area (TPSA) is 69.0 Å². The third-order valence-corrected chi connectivity index (χ3v) is 4.34. The van der Waals surface area contributed by atoms with E-state index in [9.17, 15) is 4.79 Å². The Hall–Kier alpha value is -2.02. The normalized spacial score (nSPS) is 10.9. The molecule has 0 unspecified atom stereocenters. The molecule has 1 N–H and O–H groups in total. The second-order valence-corrected chi connectivity index (χ2v) is 6.45. The minimum atomic E-state index is -0.0936. The molecule has 0 fully saturated rings. The van der Waals surface area contributed by atoms with Crippen LogP contribution in [0.15, 0.2) is 29.4 Å².